The maximum atomic E-state index is 14.6. The summed E-state index contributed by atoms with van der Waals surface area (Å²) in [6.45, 7) is 5.00. The van der Waals surface area contributed by atoms with Crippen molar-refractivity contribution in [2.45, 2.75) is 57.0 Å². The third-order valence-electron chi connectivity index (χ3n) is 8.84. The zero-order valence-electron chi connectivity index (χ0n) is 24.2. The number of hydrogen-bond donors (Lipinski definition) is 2. The molecule has 11 heteroatoms. The molecule has 3 aromatic rings. The number of carbonyl (C=O) groups excluding carboxylic acids is 3. The van der Waals surface area contributed by atoms with Gasteiger partial charge in [-0.15, -0.1) is 0 Å². The topological polar surface area (TPSA) is 111 Å². The lowest BCUT2D eigenvalue weighted by molar-refractivity contribution is -0.136. The van der Waals surface area contributed by atoms with Crippen molar-refractivity contribution in [2.75, 3.05) is 38.4 Å². The van der Waals surface area contributed by atoms with E-state index in [0.717, 1.165) is 35.0 Å². The standard InChI is InChI=1S/C31H37FN6O4/c1-19(2)27(34-28(39)24-15-21(20-4-5-20)6-8-25(24)32)29(40)37-12-10-31(11-13-37)17-42-18-36(3)30(41)38(31)23-7-9-26-22(14-23)16-33-35-26/h6-9,14-16,19-20,27H,4-5,10-13,17-18H2,1-3H3,(H,33,35)(H,34,39)/t27-/m1/s1. The molecule has 3 heterocycles. The molecule has 2 N–H and O–H groups in total. The van der Waals surface area contributed by atoms with Gasteiger partial charge in [0, 0.05) is 31.2 Å². The number of likely N-dealkylation sites (tertiary alicyclic amines) is 1. The average Bonchev–Trinajstić information content (AvgIpc) is 3.74. The number of fused-ring (bicyclic) bond motifs is 1. The molecule has 3 aliphatic rings. The number of benzene rings is 2. The molecule has 1 aromatic heterocycles. The zero-order chi connectivity index (χ0) is 29.6. The van der Waals surface area contributed by atoms with E-state index in [4.69, 9.17) is 4.74 Å². The van der Waals surface area contributed by atoms with Crippen LogP contribution in [0.4, 0.5) is 14.9 Å². The first-order valence-electron chi connectivity index (χ1n) is 14.6. The monoisotopic (exact) mass is 576 g/mol. The van der Waals surface area contributed by atoms with E-state index < -0.39 is 23.3 Å². The van der Waals surface area contributed by atoms with Gasteiger partial charge < -0.3 is 19.9 Å². The van der Waals surface area contributed by atoms with Gasteiger partial charge in [-0.05, 0) is 73.4 Å². The van der Waals surface area contributed by atoms with Crippen molar-refractivity contribution in [3.63, 3.8) is 0 Å². The number of ether oxygens (including phenoxy) is 1. The molecule has 0 bridgehead atoms. The molecule has 1 aliphatic carbocycles. The van der Waals surface area contributed by atoms with E-state index in [1.165, 1.54) is 6.07 Å². The minimum atomic E-state index is -0.812. The molecule has 1 saturated carbocycles. The third-order valence-corrected chi connectivity index (χ3v) is 8.84. The number of anilines is 1. The van der Waals surface area contributed by atoms with Crippen molar-refractivity contribution >= 4 is 34.4 Å². The molecular weight excluding hydrogens is 539 g/mol. The van der Waals surface area contributed by atoms with Crippen molar-refractivity contribution in [3.8, 4) is 0 Å². The largest absolute Gasteiger partial charge is 0.359 e. The van der Waals surface area contributed by atoms with Crippen LogP contribution >= 0.6 is 0 Å². The number of rotatable bonds is 6. The molecule has 0 radical (unpaired) electrons. The van der Waals surface area contributed by atoms with Gasteiger partial charge in [0.2, 0.25) is 5.91 Å². The Morgan fingerprint density at radius 2 is 1.90 bits per heavy atom. The predicted molar refractivity (Wildman–Crippen MR) is 156 cm³/mol. The number of piperidine rings is 1. The molecule has 2 saturated heterocycles. The average molecular weight is 577 g/mol. The van der Waals surface area contributed by atoms with Gasteiger partial charge in [0.1, 0.15) is 18.6 Å². The number of nitrogens with zero attached hydrogens (tertiary/aromatic N) is 4. The molecule has 1 atom stereocenters. The summed E-state index contributed by atoms with van der Waals surface area (Å²) < 4.78 is 20.6. The normalized spacial score (nSPS) is 19.8. The molecule has 10 nitrogen and oxygen atoms in total. The zero-order valence-corrected chi connectivity index (χ0v) is 24.2. The third kappa shape index (κ3) is 5.21. The van der Waals surface area contributed by atoms with Crippen molar-refractivity contribution in [3.05, 3.63) is 59.5 Å². The number of halogens is 1. The van der Waals surface area contributed by atoms with E-state index in [1.807, 2.05) is 36.9 Å². The van der Waals surface area contributed by atoms with Crippen molar-refractivity contribution in [1.29, 1.82) is 0 Å². The Hall–Kier alpha value is -3.99. The van der Waals surface area contributed by atoms with Gasteiger partial charge in [0.25, 0.3) is 5.91 Å². The predicted octanol–water partition coefficient (Wildman–Crippen LogP) is 4.24. The van der Waals surface area contributed by atoms with Crippen LogP contribution < -0.4 is 10.2 Å². The number of aromatic nitrogens is 2. The van der Waals surface area contributed by atoms with Gasteiger partial charge in [-0.1, -0.05) is 19.9 Å². The van der Waals surface area contributed by atoms with Crippen LogP contribution in [0, 0.1) is 11.7 Å². The summed E-state index contributed by atoms with van der Waals surface area (Å²) in [6.07, 6.45) is 4.80. The van der Waals surface area contributed by atoms with Gasteiger partial charge >= 0.3 is 6.03 Å². The number of aromatic amines is 1. The van der Waals surface area contributed by atoms with Crippen molar-refractivity contribution < 1.29 is 23.5 Å². The maximum absolute atomic E-state index is 14.6. The SMILES string of the molecule is CC(C)[C@@H](NC(=O)c1cc(C2CC2)ccc1F)C(=O)N1CCC2(CC1)COCN(C)C(=O)N2c1ccc2[nH]ncc2c1. The fraction of sp³-hybridized carbons (Fsp3) is 0.484. The molecule has 2 aromatic carbocycles. The summed E-state index contributed by atoms with van der Waals surface area (Å²) in [4.78, 5) is 45.7. The Labute approximate surface area is 244 Å². The van der Waals surface area contributed by atoms with Crippen LogP contribution in [0.5, 0.6) is 0 Å². The van der Waals surface area contributed by atoms with Crippen LogP contribution in [-0.2, 0) is 9.53 Å². The molecule has 0 unspecified atom stereocenters. The summed E-state index contributed by atoms with van der Waals surface area (Å²) >= 11 is 0. The van der Waals surface area contributed by atoms with E-state index in [2.05, 4.69) is 15.5 Å². The second kappa shape index (κ2) is 11.0. The van der Waals surface area contributed by atoms with E-state index >= 15 is 0 Å². The van der Waals surface area contributed by atoms with Crippen LogP contribution in [0.15, 0.2) is 42.6 Å². The molecule has 6 rings (SSSR count). The highest BCUT2D eigenvalue weighted by molar-refractivity contribution is 5.98. The van der Waals surface area contributed by atoms with Crippen LogP contribution in [0.3, 0.4) is 0 Å². The van der Waals surface area contributed by atoms with Gasteiger partial charge in [-0.3, -0.25) is 19.6 Å². The summed E-state index contributed by atoms with van der Waals surface area (Å²) in [6, 6.07) is 9.45. The summed E-state index contributed by atoms with van der Waals surface area (Å²) in [5.74, 6) is -1.22. The van der Waals surface area contributed by atoms with Crippen LogP contribution in [0.1, 0.15) is 61.4 Å². The number of urea groups is 1. The van der Waals surface area contributed by atoms with Crippen LogP contribution in [0.2, 0.25) is 0 Å². The molecule has 1 spiro atoms. The van der Waals surface area contributed by atoms with Gasteiger partial charge in [0.05, 0.1) is 29.4 Å². The number of amides is 4. The number of H-pyrrole nitrogens is 1. The fourth-order valence-electron chi connectivity index (χ4n) is 6.15. The Morgan fingerprint density at radius 1 is 1.14 bits per heavy atom. The van der Waals surface area contributed by atoms with E-state index in [1.54, 1.807) is 35.2 Å². The lowest BCUT2D eigenvalue weighted by Crippen LogP contribution is -2.62. The molecule has 4 amide bonds. The smallest absolute Gasteiger partial charge is 0.326 e. The first-order chi connectivity index (χ1) is 20.2. The first-order valence-corrected chi connectivity index (χ1v) is 14.6. The van der Waals surface area contributed by atoms with Gasteiger partial charge in [0.15, 0.2) is 0 Å². The van der Waals surface area contributed by atoms with Crippen molar-refractivity contribution in [1.82, 2.24) is 25.3 Å². The summed E-state index contributed by atoms with van der Waals surface area (Å²) in [5, 5.41) is 10.8. The lowest BCUT2D eigenvalue weighted by atomic mass is 9.85. The lowest BCUT2D eigenvalue weighted by Gasteiger charge is -2.48. The fourth-order valence-corrected chi connectivity index (χ4v) is 6.15. The maximum Gasteiger partial charge on any atom is 0.326 e. The highest BCUT2D eigenvalue weighted by Gasteiger charge is 2.47. The Balaban J connectivity index is 1.20. The highest BCUT2D eigenvalue weighted by Crippen LogP contribution is 2.41. The molecular formula is C31H37FN6O4. The summed E-state index contributed by atoms with van der Waals surface area (Å²) in [5.41, 5.74) is 1.89. The van der Waals surface area contributed by atoms with E-state index in [0.29, 0.717) is 38.5 Å². The summed E-state index contributed by atoms with van der Waals surface area (Å²) in [7, 11) is 1.71. The number of nitrogens with one attached hydrogen (secondary N) is 2. The van der Waals surface area contributed by atoms with Crippen LogP contribution in [0.25, 0.3) is 10.9 Å². The Morgan fingerprint density at radius 3 is 2.62 bits per heavy atom. The van der Waals surface area contributed by atoms with Crippen LogP contribution in [-0.4, -0.2) is 82.9 Å². The Kier molecular flexibility index (Phi) is 7.38. The van der Waals surface area contributed by atoms with E-state index in [9.17, 15) is 18.8 Å². The Bertz CT molecular complexity index is 1510. The molecule has 3 fully saturated rings. The molecule has 222 valence electrons. The quantitative estimate of drug-likeness (QED) is 0.456. The minimum absolute atomic E-state index is 0.0288. The molecule has 42 heavy (non-hydrogen) atoms. The van der Waals surface area contributed by atoms with E-state index in [-0.39, 0.29) is 30.2 Å². The van der Waals surface area contributed by atoms with Gasteiger partial charge in [-0.2, -0.15) is 5.10 Å². The van der Waals surface area contributed by atoms with Gasteiger partial charge in [-0.25, -0.2) is 9.18 Å². The minimum Gasteiger partial charge on any atom is -0.359 e. The van der Waals surface area contributed by atoms with Crippen molar-refractivity contribution in [2.24, 2.45) is 5.92 Å². The number of carbonyl (C=O) groups is 3. The number of hydrogen-bond acceptors (Lipinski definition) is 5. The molecule has 2 aliphatic heterocycles. The second-order valence-electron chi connectivity index (χ2n) is 12.2. The highest BCUT2D eigenvalue weighted by atomic mass is 19.1. The first kappa shape index (κ1) is 28.1. The second-order valence-corrected chi connectivity index (χ2v) is 12.2.